The van der Waals surface area contributed by atoms with Gasteiger partial charge in [0.15, 0.2) is 17.5 Å². The van der Waals surface area contributed by atoms with Gasteiger partial charge in [-0.05, 0) is 45.4 Å². The van der Waals surface area contributed by atoms with Crippen LogP contribution in [0.1, 0.15) is 33.3 Å². The van der Waals surface area contributed by atoms with E-state index < -0.39 is 5.60 Å². The first-order valence-corrected chi connectivity index (χ1v) is 10.2. The molecule has 1 aromatic rings. The molecule has 2 rings (SSSR count). The fraction of sp³-hybridized carbons (Fsp3) is 0.619. The Hall–Kier alpha value is -1.95. The van der Waals surface area contributed by atoms with Crippen LogP contribution in [0.15, 0.2) is 23.2 Å². The molecular weight excluding hydrogens is 515 g/mol. The summed E-state index contributed by atoms with van der Waals surface area (Å²) < 4.78 is 16.2. The third-order valence-electron chi connectivity index (χ3n) is 4.21. The van der Waals surface area contributed by atoms with E-state index in [1.165, 1.54) is 0 Å². The summed E-state index contributed by atoms with van der Waals surface area (Å²) in [6, 6.07) is 5.72. The molecule has 1 aromatic carbocycles. The van der Waals surface area contributed by atoms with E-state index in [0.717, 1.165) is 12.1 Å². The van der Waals surface area contributed by atoms with Crippen LogP contribution in [0.4, 0.5) is 4.79 Å². The summed E-state index contributed by atoms with van der Waals surface area (Å²) in [6.45, 7) is 10.1. The molecule has 0 spiro atoms. The molecule has 1 aliphatic rings. The van der Waals surface area contributed by atoms with Crippen molar-refractivity contribution in [3.8, 4) is 11.5 Å². The Labute approximate surface area is 201 Å². The highest BCUT2D eigenvalue weighted by atomic mass is 127. The zero-order valence-electron chi connectivity index (χ0n) is 18.9. The van der Waals surface area contributed by atoms with Crippen molar-refractivity contribution in [1.82, 2.24) is 15.5 Å². The summed E-state index contributed by atoms with van der Waals surface area (Å²) >= 11 is 0. The molecule has 0 unspecified atom stereocenters. The van der Waals surface area contributed by atoms with Crippen LogP contribution in [0.5, 0.6) is 11.5 Å². The normalized spacial score (nSPS) is 14.3. The number of halogens is 1. The Morgan fingerprint density at radius 3 is 2.58 bits per heavy atom. The zero-order chi connectivity index (χ0) is 22.1. The zero-order valence-corrected chi connectivity index (χ0v) is 21.3. The number of aliphatic imine (C=N–C) groups is 1. The lowest BCUT2D eigenvalue weighted by Gasteiger charge is -2.40. The van der Waals surface area contributed by atoms with E-state index in [-0.39, 0.29) is 49.3 Å². The number of guanidine groups is 1. The van der Waals surface area contributed by atoms with E-state index in [4.69, 9.17) is 19.3 Å². The molecule has 0 atom stereocenters. The van der Waals surface area contributed by atoms with Gasteiger partial charge in [-0.25, -0.2) is 9.79 Å². The van der Waals surface area contributed by atoms with Crippen molar-refractivity contribution >= 4 is 36.0 Å². The highest BCUT2D eigenvalue weighted by Crippen LogP contribution is 2.28. The van der Waals surface area contributed by atoms with E-state index in [1.807, 2.05) is 45.9 Å². The topological polar surface area (TPSA) is 105 Å². The summed E-state index contributed by atoms with van der Waals surface area (Å²) in [5.41, 5.74) is 0.468. The SMILES string of the molecule is CCNC(=NCc1ccc(OCCO)c(OC)c1)NC1CN(C(=O)OC(C)(C)C)C1.I. The number of amides is 1. The number of ether oxygens (including phenoxy) is 3. The van der Waals surface area contributed by atoms with Crippen LogP contribution in [0.25, 0.3) is 0 Å². The van der Waals surface area contributed by atoms with E-state index in [0.29, 0.717) is 37.1 Å². The van der Waals surface area contributed by atoms with Gasteiger partial charge in [-0.15, -0.1) is 24.0 Å². The Kier molecular flexibility index (Phi) is 11.2. The first-order chi connectivity index (χ1) is 14.3. The minimum absolute atomic E-state index is 0. The van der Waals surface area contributed by atoms with Crippen molar-refractivity contribution in [2.24, 2.45) is 4.99 Å². The first-order valence-electron chi connectivity index (χ1n) is 10.2. The maximum atomic E-state index is 12.1. The largest absolute Gasteiger partial charge is 0.493 e. The van der Waals surface area contributed by atoms with Crippen LogP contribution < -0.4 is 20.1 Å². The maximum Gasteiger partial charge on any atom is 0.410 e. The number of carbonyl (C=O) groups excluding carboxylic acids is 1. The third kappa shape index (κ3) is 8.98. The second-order valence-electron chi connectivity index (χ2n) is 7.98. The first kappa shape index (κ1) is 27.1. The van der Waals surface area contributed by atoms with Crippen LogP contribution in [-0.4, -0.2) is 73.7 Å². The third-order valence-corrected chi connectivity index (χ3v) is 4.21. The van der Waals surface area contributed by atoms with Crippen LogP contribution in [-0.2, 0) is 11.3 Å². The minimum atomic E-state index is -0.494. The van der Waals surface area contributed by atoms with Crippen molar-refractivity contribution in [2.75, 3.05) is 40.0 Å². The summed E-state index contributed by atoms with van der Waals surface area (Å²) in [7, 11) is 1.58. The van der Waals surface area contributed by atoms with Crippen LogP contribution in [0, 0.1) is 0 Å². The predicted molar refractivity (Wildman–Crippen MR) is 131 cm³/mol. The van der Waals surface area contributed by atoms with Gasteiger partial charge in [-0.1, -0.05) is 6.07 Å². The second-order valence-corrected chi connectivity index (χ2v) is 7.98. The number of benzene rings is 1. The summed E-state index contributed by atoms with van der Waals surface area (Å²) in [6.07, 6.45) is -0.293. The number of nitrogens with one attached hydrogen (secondary N) is 2. The Balaban J connectivity index is 0.00000480. The molecule has 1 saturated heterocycles. The lowest BCUT2D eigenvalue weighted by molar-refractivity contribution is 0.00700. The fourth-order valence-corrected chi connectivity index (χ4v) is 2.81. The van der Waals surface area contributed by atoms with Gasteiger partial charge in [0.05, 0.1) is 26.3 Å². The van der Waals surface area contributed by atoms with Crippen molar-refractivity contribution in [3.05, 3.63) is 23.8 Å². The number of likely N-dealkylation sites (tertiary alicyclic amines) is 1. The number of aliphatic hydroxyl groups excluding tert-OH is 1. The van der Waals surface area contributed by atoms with Gasteiger partial charge in [-0.2, -0.15) is 0 Å². The fourth-order valence-electron chi connectivity index (χ4n) is 2.81. The van der Waals surface area contributed by atoms with E-state index >= 15 is 0 Å². The summed E-state index contributed by atoms with van der Waals surface area (Å²) in [4.78, 5) is 18.4. The molecule has 176 valence electrons. The number of hydrogen-bond acceptors (Lipinski definition) is 6. The molecule has 9 nitrogen and oxygen atoms in total. The lowest BCUT2D eigenvalue weighted by Crippen LogP contribution is -2.63. The average molecular weight is 550 g/mol. The highest BCUT2D eigenvalue weighted by Gasteiger charge is 2.34. The Bertz CT molecular complexity index is 733. The molecule has 0 saturated carbocycles. The molecular formula is C21H35IN4O5. The van der Waals surface area contributed by atoms with E-state index in [9.17, 15) is 4.79 Å². The lowest BCUT2D eigenvalue weighted by atomic mass is 10.1. The monoisotopic (exact) mass is 550 g/mol. The minimum Gasteiger partial charge on any atom is -0.493 e. The smallest absolute Gasteiger partial charge is 0.410 e. The summed E-state index contributed by atoms with van der Waals surface area (Å²) in [5.74, 6) is 1.87. The number of rotatable bonds is 8. The van der Waals surface area contributed by atoms with Crippen LogP contribution in [0.3, 0.4) is 0 Å². The van der Waals surface area contributed by atoms with Gasteiger partial charge < -0.3 is 34.9 Å². The molecule has 0 aliphatic carbocycles. The second kappa shape index (κ2) is 12.8. The van der Waals surface area contributed by atoms with Crippen LogP contribution >= 0.6 is 24.0 Å². The van der Waals surface area contributed by atoms with Gasteiger partial charge in [0.1, 0.15) is 12.2 Å². The van der Waals surface area contributed by atoms with Gasteiger partial charge >= 0.3 is 6.09 Å². The molecule has 0 bridgehead atoms. The molecule has 1 amide bonds. The molecule has 0 radical (unpaired) electrons. The quantitative estimate of drug-likeness (QED) is 0.260. The molecule has 1 fully saturated rings. The van der Waals surface area contributed by atoms with E-state index in [1.54, 1.807) is 12.0 Å². The molecule has 1 heterocycles. The molecule has 1 aliphatic heterocycles. The van der Waals surface area contributed by atoms with Crippen molar-refractivity contribution < 1.29 is 24.1 Å². The van der Waals surface area contributed by atoms with Crippen LogP contribution in [0.2, 0.25) is 0 Å². The standard InChI is InChI=1S/C21H34N4O5.HI/c1-6-22-19(24-16-13-25(14-16)20(27)30-21(2,3)4)23-12-15-7-8-17(29-10-9-26)18(11-15)28-5;/h7-8,11,16,26H,6,9-10,12-14H2,1-5H3,(H2,22,23,24);1H. The van der Waals surface area contributed by atoms with Gasteiger partial charge in [0, 0.05) is 19.6 Å². The number of aliphatic hydroxyl groups is 1. The van der Waals surface area contributed by atoms with Gasteiger partial charge in [0.2, 0.25) is 0 Å². The highest BCUT2D eigenvalue weighted by molar-refractivity contribution is 14.0. The number of methoxy groups -OCH3 is 1. The maximum absolute atomic E-state index is 12.1. The van der Waals surface area contributed by atoms with Crippen molar-refractivity contribution in [2.45, 2.75) is 45.9 Å². The Morgan fingerprint density at radius 2 is 2.00 bits per heavy atom. The Morgan fingerprint density at radius 1 is 1.29 bits per heavy atom. The number of carbonyl (C=O) groups is 1. The average Bonchev–Trinajstić information content (AvgIpc) is 2.65. The molecule has 31 heavy (non-hydrogen) atoms. The predicted octanol–water partition coefficient (Wildman–Crippen LogP) is 2.36. The summed E-state index contributed by atoms with van der Waals surface area (Å²) in [5, 5.41) is 15.5. The van der Waals surface area contributed by atoms with E-state index in [2.05, 4.69) is 15.6 Å². The molecule has 0 aromatic heterocycles. The molecule has 10 heteroatoms. The molecule has 3 N–H and O–H groups in total. The number of hydrogen-bond donors (Lipinski definition) is 3. The van der Waals surface area contributed by atoms with Crippen molar-refractivity contribution in [3.63, 3.8) is 0 Å². The van der Waals surface area contributed by atoms with Crippen molar-refractivity contribution in [1.29, 1.82) is 0 Å². The van der Waals surface area contributed by atoms with Gasteiger partial charge in [-0.3, -0.25) is 0 Å². The number of nitrogens with zero attached hydrogens (tertiary/aromatic N) is 2. The van der Waals surface area contributed by atoms with Gasteiger partial charge in [0.25, 0.3) is 0 Å².